The summed E-state index contributed by atoms with van der Waals surface area (Å²) in [6, 6.07) is 10.7. The molecule has 1 aromatic carbocycles. The van der Waals surface area contributed by atoms with E-state index in [0.29, 0.717) is 11.3 Å². The third-order valence-corrected chi connectivity index (χ3v) is 4.62. The Hall–Kier alpha value is -3.67. The van der Waals surface area contributed by atoms with E-state index in [4.69, 9.17) is 0 Å². The van der Waals surface area contributed by atoms with Gasteiger partial charge in [-0.3, -0.25) is 4.99 Å². The van der Waals surface area contributed by atoms with Crippen LogP contribution in [0.1, 0.15) is 18.2 Å². The summed E-state index contributed by atoms with van der Waals surface area (Å²) < 4.78 is 30.2. The molecule has 0 unspecified atom stereocenters. The van der Waals surface area contributed by atoms with Crippen molar-refractivity contribution in [2.45, 2.75) is 6.92 Å². The third kappa shape index (κ3) is 3.33. The molecule has 0 saturated carbocycles. The maximum Gasteiger partial charge on any atom is 0.161 e. The predicted molar refractivity (Wildman–Crippen MR) is 112 cm³/mol. The number of allylic oxidation sites excluding steroid dienone is 1. The molecule has 0 atom stereocenters. The standard InChI is InChI=1S/C23H18F2N4/c1-14(2)22-15(13-26-3)8-10-29(22)21-12-20(18-11-16(24)6-7-19(18)25)28-23-17(21)5-4-9-27-23/h4-13H,1H2,2-3H3. The number of rotatable bonds is 4. The van der Waals surface area contributed by atoms with E-state index in [1.54, 1.807) is 25.5 Å². The highest BCUT2D eigenvalue weighted by Gasteiger charge is 2.17. The van der Waals surface area contributed by atoms with Gasteiger partial charge in [-0.2, -0.15) is 0 Å². The molecule has 29 heavy (non-hydrogen) atoms. The fourth-order valence-electron chi connectivity index (χ4n) is 3.41. The van der Waals surface area contributed by atoms with Gasteiger partial charge >= 0.3 is 0 Å². The first-order chi connectivity index (χ1) is 14.0. The van der Waals surface area contributed by atoms with Crippen LogP contribution in [-0.2, 0) is 0 Å². The quantitative estimate of drug-likeness (QED) is 0.437. The molecule has 4 nitrogen and oxygen atoms in total. The molecule has 4 aromatic rings. The second-order valence-corrected chi connectivity index (χ2v) is 6.68. The van der Waals surface area contributed by atoms with E-state index in [9.17, 15) is 8.78 Å². The summed E-state index contributed by atoms with van der Waals surface area (Å²) in [6.45, 7) is 6.00. The minimum Gasteiger partial charge on any atom is -0.315 e. The van der Waals surface area contributed by atoms with Gasteiger partial charge in [0.05, 0.1) is 17.1 Å². The van der Waals surface area contributed by atoms with E-state index >= 15 is 0 Å². The Bertz CT molecular complexity index is 1270. The Morgan fingerprint density at radius 1 is 1.17 bits per heavy atom. The summed E-state index contributed by atoms with van der Waals surface area (Å²) in [6.07, 6.45) is 5.28. The highest BCUT2D eigenvalue weighted by atomic mass is 19.1. The van der Waals surface area contributed by atoms with Crippen LogP contribution in [0.5, 0.6) is 0 Å². The topological polar surface area (TPSA) is 43.1 Å². The molecule has 0 radical (unpaired) electrons. The lowest BCUT2D eigenvalue weighted by molar-refractivity contribution is 0.602. The van der Waals surface area contributed by atoms with Gasteiger partial charge in [-0.05, 0) is 55.0 Å². The number of fused-ring (bicyclic) bond motifs is 1. The molecule has 0 spiro atoms. The minimum absolute atomic E-state index is 0.0816. The van der Waals surface area contributed by atoms with Crippen LogP contribution in [0.15, 0.2) is 66.4 Å². The zero-order valence-electron chi connectivity index (χ0n) is 16.0. The van der Waals surface area contributed by atoms with Crippen LogP contribution in [0.2, 0.25) is 0 Å². The highest BCUT2D eigenvalue weighted by molar-refractivity contribution is 5.91. The summed E-state index contributed by atoms with van der Waals surface area (Å²) in [5.41, 5.74) is 4.20. The molecule has 0 bridgehead atoms. The van der Waals surface area contributed by atoms with Crippen molar-refractivity contribution in [3.8, 4) is 16.9 Å². The van der Waals surface area contributed by atoms with E-state index in [1.807, 2.05) is 35.9 Å². The second kappa shape index (κ2) is 7.39. The zero-order valence-corrected chi connectivity index (χ0v) is 16.0. The molecular formula is C23H18F2N4. The lowest BCUT2D eigenvalue weighted by Crippen LogP contribution is -2.03. The van der Waals surface area contributed by atoms with Crippen molar-refractivity contribution in [1.82, 2.24) is 14.5 Å². The number of aliphatic imine (C=N–C) groups is 1. The maximum absolute atomic E-state index is 14.4. The van der Waals surface area contributed by atoms with E-state index in [0.717, 1.165) is 46.1 Å². The van der Waals surface area contributed by atoms with Gasteiger partial charge in [0.2, 0.25) is 0 Å². The molecule has 0 aliphatic rings. The van der Waals surface area contributed by atoms with Gasteiger partial charge in [-0.25, -0.2) is 18.7 Å². The van der Waals surface area contributed by atoms with Crippen molar-refractivity contribution in [3.63, 3.8) is 0 Å². The SMILES string of the molecule is C=C(C)c1c(C=NC)ccn1-c1cc(-c2cc(F)ccc2F)nc2ncccc12. The van der Waals surface area contributed by atoms with Gasteiger partial charge in [-0.15, -0.1) is 0 Å². The van der Waals surface area contributed by atoms with Crippen molar-refractivity contribution in [2.24, 2.45) is 4.99 Å². The number of hydrogen-bond donors (Lipinski definition) is 0. The number of benzene rings is 1. The van der Waals surface area contributed by atoms with E-state index in [1.165, 1.54) is 0 Å². The molecule has 3 aromatic heterocycles. The smallest absolute Gasteiger partial charge is 0.161 e. The molecule has 0 amide bonds. The Morgan fingerprint density at radius 3 is 2.76 bits per heavy atom. The van der Waals surface area contributed by atoms with Crippen LogP contribution in [-0.4, -0.2) is 27.8 Å². The fraction of sp³-hybridized carbons (Fsp3) is 0.0870. The van der Waals surface area contributed by atoms with Crippen molar-refractivity contribution in [2.75, 3.05) is 7.05 Å². The highest BCUT2D eigenvalue weighted by Crippen LogP contribution is 2.31. The van der Waals surface area contributed by atoms with Gasteiger partial charge in [0.1, 0.15) is 11.6 Å². The Kier molecular flexibility index (Phi) is 4.76. The summed E-state index contributed by atoms with van der Waals surface area (Å²) in [5, 5.41) is 0.783. The number of nitrogens with zero attached hydrogens (tertiary/aromatic N) is 4. The maximum atomic E-state index is 14.4. The van der Waals surface area contributed by atoms with Gasteiger partial charge < -0.3 is 4.57 Å². The van der Waals surface area contributed by atoms with E-state index < -0.39 is 11.6 Å². The first kappa shape index (κ1) is 18.7. The largest absolute Gasteiger partial charge is 0.315 e. The third-order valence-electron chi connectivity index (χ3n) is 4.62. The van der Waals surface area contributed by atoms with Gasteiger partial charge in [0.15, 0.2) is 5.65 Å². The Labute approximate surface area is 166 Å². The molecule has 0 N–H and O–H groups in total. The van der Waals surface area contributed by atoms with Crippen LogP contribution in [0.25, 0.3) is 33.6 Å². The minimum atomic E-state index is -0.549. The van der Waals surface area contributed by atoms with Crippen LogP contribution < -0.4 is 0 Å². The number of aromatic nitrogens is 3. The predicted octanol–water partition coefficient (Wildman–Crippen LogP) is 5.45. The van der Waals surface area contributed by atoms with Crippen molar-refractivity contribution in [3.05, 3.63) is 84.3 Å². The van der Waals surface area contributed by atoms with E-state index in [-0.39, 0.29) is 5.56 Å². The van der Waals surface area contributed by atoms with Crippen LogP contribution in [0, 0.1) is 11.6 Å². The molecule has 0 aliphatic carbocycles. The first-order valence-corrected chi connectivity index (χ1v) is 9.00. The van der Waals surface area contributed by atoms with Crippen LogP contribution >= 0.6 is 0 Å². The summed E-state index contributed by atoms with van der Waals surface area (Å²) >= 11 is 0. The monoisotopic (exact) mass is 388 g/mol. The average Bonchev–Trinajstić information content (AvgIpc) is 3.13. The average molecular weight is 388 g/mol. The molecule has 6 heteroatoms. The summed E-state index contributed by atoms with van der Waals surface area (Å²) in [7, 11) is 1.70. The number of hydrogen-bond acceptors (Lipinski definition) is 3. The molecule has 3 heterocycles. The molecule has 4 rings (SSSR count). The van der Waals surface area contributed by atoms with Crippen molar-refractivity contribution >= 4 is 22.8 Å². The Morgan fingerprint density at radius 2 is 2.00 bits per heavy atom. The van der Waals surface area contributed by atoms with Crippen LogP contribution in [0.3, 0.4) is 0 Å². The molecule has 0 fully saturated rings. The lowest BCUT2D eigenvalue weighted by atomic mass is 10.1. The fourth-order valence-corrected chi connectivity index (χ4v) is 3.41. The van der Waals surface area contributed by atoms with Gasteiger partial charge in [-0.1, -0.05) is 6.58 Å². The first-order valence-electron chi connectivity index (χ1n) is 9.00. The normalized spacial score (nSPS) is 11.4. The van der Waals surface area contributed by atoms with Gasteiger partial charge in [0.25, 0.3) is 0 Å². The second-order valence-electron chi connectivity index (χ2n) is 6.68. The number of pyridine rings is 2. The van der Waals surface area contributed by atoms with Crippen molar-refractivity contribution < 1.29 is 8.78 Å². The molecule has 144 valence electrons. The van der Waals surface area contributed by atoms with Gasteiger partial charge in [0, 0.05) is 42.2 Å². The Balaban J connectivity index is 2.06. The molecule has 0 saturated heterocycles. The molecular weight excluding hydrogens is 370 g/mol. The zero-order chi connectivity index (χ0) is 20.5. The summed E-state index contributed by atoms with van der Waals surface area (Å²) in [5.74, 6) is -1.08. The van der Waals surface area contributed by atoms with Crippen LogP contribution in [0.4, 0.5) is 8.78 Å². The molecule has 0 aliphatic heterocycles. The lowest BCUT2D eigenvalue weighted by Gasteiger charge is -2.15. The van der Waals surface area contributed by atoms with Crippen molar-refractivity contribution in [1.29, 1.82) is 0 Å². The number of halogens is 2. The summed E-state index contributed by atoms with van der Waals surface area (Å²) in [4.78, 5) is 12.9. The van der Waals surface area contributed by atoms with E-state index in [2.05, 4.69) is 21.5 Å².